The lowest BCUT2D eigenvalue weighted by Gasteiger charge is -2.30. The van der Waals surface area contributed by atoms with Crippen molar-refractivity contribution in [3.63, 3.8) is 0 Å². The maximum absolute atomic E-state index is 12.5. The van der Waals surface area contributed by atoms with Crippen LogP contribution in [0.1, 0.15) is 24.3 Å². The van der Waals surface area contributed by atoms with Crippen molar-refractivity contribution in [1.82, 2.24) is 14.8 Å². The van der Waals surface area contributed by atoms with Gasteiger partial charge in [0.05, 0.1) is 5.02 Å². The topological polar surface area (TPSA) is 36.4 Å². The van der Waals surface area contributed by atoms with Crippen molar-refractivity contribution in [2.45, 2.75) is 19.9 Å². The van der Waals surface area contributed by atoms with E-state index in [4.69, 9.17) is 23.2 Å². The molecule has 1 rings (SSSR count). The number of likely N-dealkylation sites (N-methyl/N-ethyl adjacent to an activating group) is 2. The predicted octanol–water partition coefficient (Wildman–Crippen LogP) is 2.80. The number of aromatic nitrogens is 1. The molecule has 0 radical (unpaired) electrons. The summed E-state index contributed by atoms with van der Waals surface area (Å²) in [5.41, 5.74) is 0.210. The fourth-order valence-corrected chi connectivity index (χ4v) is 2.32. The minimum atomic E-state index is -0.190. The van der Waals surface area contributed by atoms with E-state index in [1.807, 2.05) is 32.8 Å². The number of rotatable bonds is 5. The van der Waals surface area contributed by atoms with E-state index >= 15 is 0 Å². The Morgan fingerprint density at radius 2 is 2.00 bits per heavy atom. The van der Waals surface area contributed by atoms with E-state index in [2.05, 4.69) is 4.98 Å². The quantitative estimate of drug-likeness (QED) is 0.785. The first-order chi connectivity index (χ1) is 8.86. The molecule has 1 atom stereocenters. The molecule has 0 fully saturated rings. The van der Waals surface area contributed by atoms with Gasteiger partial charge in [-0.3, -0.25) is 4.79 Å². The number of hydrogen-bond donors (Lipinski definition) is 0. The molecule has 0 aliphatic rings. The summed E-state index contributed by atoms with van der Waals surface area (Å²) in [4.78, 5) is 20.3. The Hall–Kier alpha value is -0.840. The lowest BCUT2D eigenvalue weighted by atomic mass is 10.2. The average molecular weight is 304 g/mol. The highest BCUT2D eigenvalue weighted by atomic mass is 35.5. The first-order valence-corrected chi connectivity index (χ1v) is 6.90. The Kier molecular flexibility index (Phi) is 6.04. The molecule has 19 heavy (non-hydrogen) atoms. The number of carbonyl (C=O) groups is 1. The molecular weight excluding hydrogens is 285 g/mol. The second-order valence-corrected chi connectivity index (χ2v) is 5.46. The van der Waals surface area contributed by atoms with Gasteiger partial charge in [0.1, 0.15) is 10.8 Å². The van der Waals surface area contributed by atoms with Crippen LogP contribution in [0.3, 0.4) is 0 Å². The Labute approximate surface area is 124 Å². The van der Waals surface area contributed by atoms with Crippen LogP contribution in [0.15, 0.2) is 12.1 Å². The van der Waals surface area contributed by atoms with Crippen LogP contribution < -0.4 is 0 Å². The number of hydrogen-bond acceptors (Lipinski definition) is 3. The van der Waals surface area contributed by atoms with Crippen molar-refractivity contribution < 1.29 is 4.79 Å². The normalized spacial score (nSPS) is 12.6. The Bertz CT molecular complexity index is 452. The van der Waals surface area contributed by atoms with E-state index in [9.17, 15) is 4.79 Å². The summed E-state index contributed by atoms with van der Waals surface area (Å²) >= 11 is 11.8. The fraction of sp³-hybridized carbons (Fsp3) is 0.538. The van der Waals surface area contributed by atoms with Crippen LogP contribution in [0.4, 0.5) is 0 Å². The van der Waals surface area contributed by atoms with Gasteiger partial charge in [-0.05, 0) is 40.1 Å². The summed E-state index contributed by atoms with van der Waals surface area (Å²) in [7, 11) is 3.94. The van der Waals surface area contributed by atoms with Crippen LogP contribution >= 0.6 is 23.2 Å². The van der Waals surface area contributed by atoms with Crippen LogP contribution in [0, 0.1) is 0 Å². The minimum Gasteiger partial charge on any atom is -0.334 e. The third-order valence-corrected chi connectivity index (χ3v) is 3.29. The molecule has 0 spiro atoms. The molecule has 0 saturated heterocycles. The molecule has 6 heteroatoms. The summed E-state index contributed by atoms with van der Waals surface area (Å²) in [5, 5.41) is 0.592. The van der Waals surface area contributed by atoms with Crippen molar-refractivity contribution in [3.05, 3.63) is 28.0 Å². The predicted molar refractivity (Wildman–Crippen MR) is 79.0 cm³/mol. The second-order valence-electron chi connectivity index (χ2n) is 4.67. The molecule has 0 aliphatic carbocycles. The lowest BCUT2D eigenvalue weighted by Crippen LogP contribution is -2.44. The van der Waals surface area contributed by atoms with Gasteiger partial charge in [-0.25, -0.2) is 4.98 Å². The molecule has 1 aromatic rings. The van der Waals surface area contributed by atoms with Crippen molar-refractivity contribution >= 4 is 29.1 Å². The monoisotopic (exact) mass is 303 g/mol. The summed E-state index contributed by atoms with van der Waals surface area (Å²) < 4.78 is 0. The SMILES string of the molecule is CCN(C(=O)c1nc(Cl)ccc1Cl)C(C)CN(C)C. The molecule has 0 aromatic carbocycles. The van der Waals surface area contributed by atoms with Crippen LogP contribution in [-0.2, 0) is 0 Å². The van der Waals surface area contributed by atoms with Gasteiger partial charge in [0.15, 0.2) is 0 Å². The molecule has 1 aromatic heterocycles. The summed E-state index contributed by atoms with van der Waals surface area (Å²) in [6.07, 6.45) is 0. The standard InChI is InChI=1S/C13H19Cl2N3O/c1-5-18(9(2)8-17(3)4)13(19)12-10(14)6-7-11(15)16-12/h6-7,9H,5,8H2,1-4H3. The smallest absolute Gasteiger partial charge is 0.274 e. The van der Waals surface area contributed by atoms with Gasteiger partial charge in [0.25, 0.3) is 5.91 Å². The molecule has 0 saturated carbocycles. The highest BCUT2D eigenvalue weighted by Gasteiger charge is 2.23. The van der Waals surface area contributed by atoms with Crippen LogP contribution in [0.25, 0.3) is 0 Å². The summed E-state index contributed by atoms with van der Waals surface area (Å²) in [6.45, 7) is 5.30. The summed E-state index contributed by atoms with van der Waals surface area (Å²) in [6, 6.07) is 3.23. The van der Waals surface area contributed by atoms with Crippen LogP contribution in [-0.4, -0.2) is 53.9 Å². The highest BCUT2D eigenvalue weighted by molar-refractivity contribution is 6.34. The first-order valence-electron chi connectivity index (χ1n) is 6.14. The van der Waals surface area contributed by atoms with Crippen LogP contribution in [0.5, 0.6) is 0 Å². The molecule has 1 unspecified atom stereocenters. The third kappa shape index (κ3) is 4.34. The van der Waals surface area contributed by atoms with Gasteiger partial charge in [-0.15, -0.1) is 0 Å². The largest absolute Gasteiger partial charge is 0.334 e. The van der Waals surface area contributed by atoms with Crippen molar-refractivity contribution in [1.29, 1.82) is 0 Å². The number of amides is 1. The Morgan fingerprint density at radius 1 is 1.37 bits per heavy atom. The molecule has 4 nitrogen and oxygen atoms in total. The highest BCUT2D eigenvalue weighted by Crippen LogP contribution is 2.19. The first kappa shape index (κ1) is 16.2. The van der Waals surface area contributed by atoms with Gasteiger partial charge in [0.2, 0.25) is 0 Å². The van der Waals surface area contributed by atoms with Gasteiger partial charge < -0.3 is 9.80 Å². The zero-order valence-corrected chi connectivity index (χ0v) is 13.2. The molecule has 1 heterocycles. The Balaban J connectivity index is 2.98. The van der Waals surface area contributed by atoms with E-state index < -0.39 is 0 Å². The van der Waals surface area contributed by atoms with E-state index in [1.165, 1.54) is 0 Å². The molecule has 0 N–H and O–H groups in total. The summed E-state index contributed by atoms with van der Waals surface area (Å²) in [5.74, 6) is -0.190. The van der Waals surface area contributed by atoms with Crippen molar-refractivity contribution in [2.24, 2.45) is 0 Å². The zero-order valence-electron chi connectivity index (χ0n) is 11.7. The minimum absolute atomic E-state index is 0.0735. The zero-order chi connectivity index (χ0) is 14.6. The Morgan fingerprint density at radius 3 is 2.53 bits per heavy atom. The number of nitrogens with zero attached hydrogens (tertiary/aromatic N) is 3. The maximum atomic E-state index is 12.5. The number of halogens is 2. The molecule has 0 bridgehead atoms. The van der Waals surface area contributed by atoms with Gasteiger partial charge in [0, 0.05) is 19.1 Å². The van der Waals surface area contributed by atoms with Crippen LogP contribution in [0.2, 0.25) is 10.2 Å². The van der Waals surface area contributed by atoms with E-state index in [0.29, 0.717) is 11.6 Å². The maximum Gasteiger partial charge on any atom is 0.274 e. The molecule has 106 valence electrons. The molecular formula is C13H19Cl2N3O. The van der Waals surface area contributed by atoms with E-state index in [0.717, 1.165) is 6.54 Å². The van der Waals surface area contributed by atoms with Crippen molar-refractivity contribution in [3.8, 4) is 0 Å². The van der Waals surface area contributed by atoms with Gasteiger partial charge in [-0.2, -0.15) is 0 Å². The second kappa shape index (κ2) is 7.08. The lowest BCUT2D eigenvalue weighted by molar-refractivity contribution is 0.0673. The van der Waals surface area contributed by atoms with Gasteiger partial charge >= 0.3 is 0 Å². The fourth-order valence-electron chi connectivity index (χ4n) is 1.99. The molecule has 1 amide bonds. The van der Waals surface area contributed by atoms with E-state index in [-0.39, 0.29) is 22.8 Å². The van der Waals surface area contributed by atoms with E-state index in [1.54, 1.807) is 17.0 Å². The average Bonchev–Trinajstić information content (AvgIpc) is 2.32. The van der Waals surface area contributed by atoms with Crippen molar-refractivity contribution in [2.75, 3.05) is 27.2 Å². The molecule has 0 aliphatic heterocycles. The number of pyridine rings is 1. The third-order valence-electron chi connectivity index (χ3n) is 2.78. The van der Waals surface area contributed by atoms with Gasteiger partial charge in [-0.1, -0.05) is 23.2 Å². The number of carbonyl (C=O) groups excluding carboxylic acids is 1.